The number of hydrogen-bond acceptors (Lipinski definition) is 2. The van der Waals surface area contributed by atoms with Crippen LogP contribution in [-0.4, -0.2) is 19.3 Å². The van der Waals surface area contributed by atoms with Crippen molar-refractivity contribution in [1.29, 1.82) is 0 Å². The van der Waals surface area contributed by atoms with E-state index in [1.165, 1.54) is 0 Å². The minimum absolute atomic E-state index is 0.486. The molecule has 0 radical (unpaired) electrons. The van der Waals surface area contributed by atoms with Crippen molar-refractivity contribution < 1.29 is 4.74 Å². The lowest BCUT2D eigenvalue weighted by atomic mass is 9.82. The van der Waals surface area contributed by atoms with E-state index < -0.39 is 0 Å². The fourth-order valence-electron chi connectivity index (χ4n) is 1.29. The van der Waals surface area contributed by atoms with Gasteiger partial charge < -0.3 is 10.5 Å². The summed E-state index contributed by atoms with van der Waals surface area (Å²) in [5, 5.41) is 0. The number of rotatable bonds is 4. The number of nitrogens with two attached hydrogens (primary N) is 1. The van der Waals surface area contributed by atoms with Crippen LogP contribution < -0.4 is 5.73 Å². The Bertz CT molecular complexity index is 128. The van der Waals surface area contributed by atoms with Gasteiger partial charge in [0.05, 0.1) is 12.7 Å². The zero-order valence-electron chi connectivity index (χ0n) is 7.12. The van der Waals surface area contributed by atoms with Crippen molar-refractivity contribution in [3.05, 3.63) is 12.2 Å². The Hall–Kier alpha value is -0.340. The molecule has 0 bridgehead atoms. The molecule has 0 aromatic rings. The predicted molar refractivity (Wildman–Crippen MR) is 46.3 cm³/mol. The van der Waals surface area contributed by atoms with Crippen LogP contribution >= 0.6 is 0 Å². The molecule has 0 amide bonds. The standard InChI is InChI=1S/C9H17NO/c1-2-3-4-11-9-5-8(6-9)7-10/h2-3,8-9H,4-7,10H2,1H3/b3-2+. The second-order valence-electron chi connectivity index (χ2n) is 3.10. The van der Waals surface area contributed by atoms with Gasteiger partial charge in [-0.05, 0) is 32.2 Å². The Morgan fingerprint density at radius 3 is 2.82 bits per heavy atom. The lowest BCUT2D eigenvalue weighted by Gasteiger charge is -2.33. The molecule has 1 saturated carbocycles. The van der Waals surface area contributed by atoms with E-state index in [1.807, 2.05) is 19.1 Å². The van der Waals surface area contributed by atoms with Crippen LogP contribution in [0.3, 0.4) is 0 Å². The van der Waals surface area contributed by atoms with E-state index in [1.54, 1.807) is 0 Å². The van der Waals surface area contributed by atoms with E-state index in [9.17, 15) is 0 Å². The van der Waals surface area contributed by atoms with Crippen LogP contribution in [0.1, 0.15) is 19.8 Å². The summed E-state index contributed by atoms with van der Waals surface area (Å²) in [6, 6.07) is 0. The van der Waals surface area contributed by atoms with Crippen LogP contribution in [0.25, 0.3) is 0 Å². The second kappa shape index (κ2) is 4.52. The lowest BCUT2D eigenvalue weighted by Crippen LogP contribution is -2.35. The van der Waals surface area contributed by atoms with Gasteiger partial charge in [0.1, 0.15) is 0 Å². The van der Waals surface area contributed by atoms with Gasteiger partial charge >= 0.3 is 0 Å². The fourth-order valence-corrected chi connectivity index (χ4v) is 1.29. The monoisotopic (exact) mass is 155 g/mol. The first-order valence-electron chi connectivity index (χ1n) is 4.29. The first-order valence-corrected chi connectivity index (χ1v) is 4.29. The van der Waals surface area contributed by atoms with E-state index in [-0.39, 0.29) is 0 Å². The minimum atomic E-state index is 0.486. The van der Waals surface area contributed by atoms with Crippen LogP contribution in [0.2, 0.25) is 0 Å². The van der Waals surface area contributed by atoms with Gasteiger partial charge in [-0.15, -0.1) is 0 Å². The van der Waals surface area contributed by atoms with Crippen LogP contribution in [0, 0.1) is 5.92 Å². The van der Waals surface area contributed by atoms with Crippen molar-refractivity contribution in [1.82, 2.24) is 0 Å². The van der Waals surface area contributed by atoms with Gasteiger partial charge in [0.15, 0.2) is 0 Å². The van der Waals surface area contributed by atoms with E-state index in [0.717, 1.165) is 31.9 Å². The van der Waals surface area contributed by atoms with Crippen molar-refractivity contribution in [3.63, 3.8) is 0 Å². The van der Waals surface area contributed by atoms with E-state index in [0.29, 0.717) is 6.10 Å². The summed E-state index contributed by atoms with van der Waals surface area (Å²) in [7, 11) is 0. The molecule has 0 aromatic carbocycles. The topological polar surface area (TPSA) is 35.2 Å². The molecule has 0 aromatic heterocycles. The Balaban J connectivity index is 1.96. The third-order valence-corrected chi connectivity index (χ3v) is 2.19. The summed E-state index contributed by atoms with van der Waals surface area (Å²) in [5.41, 5.74) is 5.48. The van der Waals surface area contributed by atoms with Gasteiger partial charge in [-0.2, -0.15) is 0 Å². The van der Waals surface area contributed by atoms with Crippen molar-refractivity contribution in [3.8, 4) is 0 Å². The highest BCUT2D eigenvalue weighted by Crippen LogP contribution is 2.28. The molecule has 0 atom stereocenters. The molecule has 1 rings (SSSR count). The number of hydrogen-bond donors (Lipinski definition) is 1. The molecule has 64 valence electrons. The van der Waals surface area contributed by atoms with Gasteiger partial charge in [-0.3, -0.25) is 0 Å². The summed E-state index contributed by atoms with van der Waals surface area (Å²) < 4.78 is 5.51. The fraction of sp³-hybridized carbons (Fsp3) is 0.778. The highest BCUT2D eigenvalue weighted by molar-refractivity contribution is 4.83. The molecule has 0 heterocycles. The highest BCUT2D eigenvalue weighted by Gasteiger charge is 2.27. The maximum Gasteiger partial charge on any atom is 0.0651 e. The van der Waals surface area contributed by atoms with Crippen LogP contribution in [0.5, 0.6) is 0 Å². The lowest BCUT2D eigenvalue weighted by molar-refractivity contribution is -0.0142. The summed E-state index contributed by atoms with van der Waals surface area (Å²) in [6.45, 7) is 3.59. The molecule has 1 fully saturated rings. The molecule has 0 spiro atoms. The van der Waals surface area contributed by atoms with Crippen molar-refractivity contribution >= 4 is 0 Å². The maximum absolute atomic E-state index is 5.51. The summed E-state index contributed by atoms with van der Waals surface area (Å²) in [6.07, 6.45) is 6.86. The third kappa shape index (κ3) is 2.64. The summed E-state index contributed by atoms with van der Waals surface area (Å²) in [4.78, 5) is 0. The maximum atomic E-state index is 5.51. The van der Waals surface area contributed by atoms with Gasteiger partial charge in [0.2, 0.25) is 0 Å². The molecule has 1 aliphatic rings. The predicted octanol–water partition coefficient (Wildman–Crippen LogP) is 1.32. The van der Waals surface area contributed by atoms with Crippen molar-refractivity contribution in [2.45, 2.75) is 25.9 Å². The average molecular weight is 155 g/mol. The van der Waals surface area contributed by atoms with E-state index in [2.05, 4.69) is 0 Å². The third-order valence-electron chi connectivity index (χ3n) is 2.19. The molecule has 2 nitrogen and oxygen atoms in total. The molecule has 0 aliphatic heterocycles. The molecular weight excluding hydrogens is 138 g/mol. The van der Waals surface area contributed by atoms with Crippen molar-refractivity contribution in [2.24, 2.45) is 11.7 Å². The van der Waals surface area contributed by atoms with Gasteiger partial charge in [0, 0.05) is 0 Å². The molecule has 0 saturated heterocycles. The molecule has 1 aliphatic carbocycles. The molecule has 2 heteroatoms. The van der Waals surface area contributed by atoms with Crippen LogP contribution in [0.4, 0.5) is 0 Å². The average Bonchev–Trinajstić information content (AvgIpc) is 1.94. The SMILES string of the molecule is C/C=C/COC1CC(CN)C1. The normalized spacial score (nSPS) is 30.7. The highest BCUT2D eigenvalue weighted by atomic mass is 16.5. The van der Waals surface area contributed by atoms with Crippen LogP contribution in [0.15, 0.2) is 12.2 Å². The second-order valence-corrected chi connectivity index (χ2v) is 3.10. The summed E-state index contributed by atoms with van der Waals surface area (Å²) in [5.74, 6) is 0.727. The summed E-state index contributed by atoms with van der Waals surface area (Å²) >= 11 is 0. The Kier molecular flexibility index (Phi) is 3.60. The molecule has 2 N–H and O–H groups in total. The Morgan fingerprint density at radius 2 is 2.27 bits per heavy atom. The van der Waals surface area contributed by atoms with E-state index >= 15 is 0 Å². The van der Waals surface area contributed by atoms with Crippen LogP contribution in [-0.2, 0) is 4.74 Å². The van der Waals surface area contributed by atoms with Gasteiger partial charge in [0.25, 0.3) is 0 Å². The van der Waals surface area contributed by atoms with E-state index in [4.69, 9.17) is 10.5 Å². The number of ether oxygens (including phenoxy) is 1. The van der Waals surface area contributed by atoms with Gasteiger partial charge in [-0.1, -0.05) is 12.2 Å². The zero-order valence-corrected chi connectivity index (χ0v) is 7.12. The first-order chi connectivity index (χ1) is 5.36. The molecule has 11 heavy (non-hydrogen) atoms. The largest absolute Gasteiger partial charge is 0.374 e. The smallest absolute Gasteiger partial charge is 0.0651 e. The quantitative estimate of drug-likeness (QED) is 0.621. The Morgan fingerprint density at radius 1 is 1.55 bits per heavy atom. The zero-order chi connectivity index (χ0) is 8.10. The van der Waals surface area contributed by atoms with Crippen molar-refractivity contribution in [2.75, 3.05) is 13.2 Å². The van der Waals surface area contributed by atoms with Gasteiger partial charge in [-0.25, -0.2) is 0 Å². The minimum Gasteiger partial charge on any atom is -0.374 e. The Labute approximate surface area is 68.4 Å². The molecule has 0 unspecified atom stereocenters. The molecular formula is C9H17NO. The first kappa shape index (κ1) is 8.75. The number of allylic oxidation sites excluding steroid dienone is 1.